The molecule has 3 heterocycles. The van der Waals surface area contributed by atoms with Crippen LogP contribution in [0.2, 0.25) is 0 Å². The fourth-order valence-corrected chi connectivity index (χ4v) is 4.53. The van der Waals surface area contributed by atoms with E-state index in [1.807, 2.05) is 22.7 Å². The Morgan fingerprint density at radius 1 is 1.53 bits per heavy atom. The van der Waals surface area contributed by atoms with E-state index in [1.54, 1.807) is 13.3 Å². The highest BCUT2D eigenvalue weighted by molar-refractivity contribution is 7.91. The molecule has 0 bridgehead atoms. The Bertz CT molecular complexity index is 706. The third kappa shape index (κ3) is 2.32. The Morgan fingerprint density at radius 2 is 2.37 bits per heavy atom. The van der Waals surface area contributed by atoms with Crippen LogP contribution in [0.4, 0.5) is 0 Å². The van der Waals surface area contributed by atoms with E-state index in [2.05, 4.69) is 4.98 Å². The number of hydrogen-bond acceptors (Lipinski definition) is 4. The molecule has 0 aliphatic carbocycles. The number of fused-ring (bicyclic) bond motifs is 1. The summed E-state index contributed by atoms with van der Waals surface area (Å²) in [6, 6.07) is 3.79. The van der Waals surface area contributed by atoms with Crippen molar-refractivity contribution in [1.29, 1.82) is 0 Å². The Morgan fingerprint density at radius 3 is 3.05 bits per heavy atom. The summed E-state index contributed by atoms with van der Waals surface area (Å²) in [4.78, 5) is 4.40. The molecule has 3 rings (SSSR count). The zero-order chi connectivity index (χ0) is 13.5. The maximum Gasteiger partial charge on any atom is 0.150 e. The first-order valence-corrected chi connectivity index (χ1v) is 8.10. The van der Waals surface area contributed by atoms with Crippen molar-refractivity contribution in [1.82, 2.24) is 9.38 Å². The minimum atomic E-state index is -2.83. The van der Waals surface area contributed by atoms with Crippen molar-refractivity contribution in [3.05, 3.63) is 30.4 Å². The molecule has 1 aliphatic heterocycles. The highest BCUT2D eigenvalue weighted by atomic mass is 32.2. The van der Waals surface area contributed by atoms with Gasteiger partial charge in [-0.05, 0) is 24.5 Å². The molecule has 1 unspecified atom stereocenters. The van der Waals surface area contributed by atoms with Gasteiger partial charge in [-0.25, -0.2) is 13.4 Å². The van der Waals surface area contributed by atoms with E-state index in [0.717, 1.165) is 23.5 Å². The Balaban J connectivity index is 1.90. The Kier molecular flexibility index (Phi) is 2.97. The Labute approximate surface area is 112 Å². The Hall–Kier alpha value is -1.56. The van der Waals surface area contributed by atoms with Crippen molar-refractivity contribution in [2.24, 2.45) is 5.92 Å². The first kappa shape index (κ1) is 12.5. The van der Waals surface area contributed by atoms with Crippen LogP contribution in [0.3, 0.4) is 0 Å². The molecule has 1 saturated heterocycles. The van der Waals surface area contributed by atoms with Gasteiger partial charge >= 0.3 is 0 Å². The number of imidazole rings is 1. The zero-order valence-corrected chi connectivity index (χ0v) is 11.6. The standard InChI is InChI=1S/C13H16N2O3S/c1-18-12-3-2-5-15-11(12)8-14-13(15)7-10-4-6-19(16,17)9-10/h2-3,5,8,10H,4,6-7,9H2,1H3. The van der Waals surface area contributed by atoms with Crippen molar-refractivity contribution < 1.29 is 13.2 Å². The summed E-state index contributed by atoms with van der Waals surface area (Å²) in [5, 5.41) is 0. The topological polar surface area (TPSA) is 60.7 Å². The highest BCUT2D eigenvalue weighted by Gasteiger charge is 2.28. The van der Waals surface area contributed by atoms with Gasteiger partial charge in [-0.3, -0.25) is 0 Å². The van der Waals surface area contributed by atoms with Gasteiger partial charge in [-0.2, -0.15) is 0 Å². The normalized spacial score (nSPS) is 21.8. The first-order valence-electron chi connectivity index (χ1n) is 6.28. The molecule has 1 atom stereocenters. The van der Waals surface area contributed by atoms with E-state index >= 15 is 0 Å². The summed E-state index contributed by atoms with van der Waals surface area (Å²) in [5.41, 5.74) is 0.917. The van der Waals surface area contributed by atoms with E-state index in [0.29, 0.717) is 12.2 Å². The van der Waals surface area contributed by atoms with Crippen LogP contribution in [-0.2, 0) is 16.3 Å². The van der Waals surface area contributed by atoms with E-state index in [1.165, 1.54) is 0 Å². The lowest BCUT2D eigenvalue weighted by Gasteiger charge is -2.07. The van der Waals surface area contributed by atoms with Crippen LogP contribution < -0.4 is 4.74 Å². The van der Waals surface area contributed by atoms with Gasteiger partial charge in [0.1, 0.15) is 17.1 Å². The number of nitrogens with zero attached hydrogens (tertiary/aromatic N) is 2. The van der Waals surface area contributed by atoms with E-state index in [4.69, 9.17) is 4.74 Å². The van der Waals surface area contributed by atoms with Gasteiger partial charge in [0.05, 0.1) is 24.8 Å². The number of aromatic nitrogens is 2. The first-order chi connectivity index (χ1) is 9.09. The molecule has 0 amide bonds. The molecule has 2 aromatic heterocycles. The SMILES string of the molecule is COc1cccn2c(CC3CCS(=O)(=O)C3)ncc12. The molecular weight excluding hydrogens is 264 g/mol. The minimum Gasteiger partial charge on any atom is -0.494 e. The predicted octanol–water partition coefficient (Wildman–Crippen LogP) is 1.32. The number of rotatable bonds is 3. The lowest BCUT2D eigenvalue weighted by atomic mass is 10.1. The molecule has 1 fully saturated rings. The molecule has 0 N–H and O–H groups in total. The largest absolute Gasteiger partial charge is 0.494 e. The van der Waals surface area contributed by atoms with Gasteiger partial charge in [0.15, 0.2) is 9.84 Å². The second-order valence-corrected chi connectivity index (χ2v) is 7.21. The summed E-state index contributed by atoms with van der Waals surface area (Å²) < 4.78 is 30.2. The molecule has 2 aromatic rings. The molecular formula is C13H16N2O3S. The monoisotopic (exact) mass is 280 g/mol. The number of methoxy groups -OCH3 is 1. The molecule has 19 heavy (non-hydrogen) atoms. The molecule has 5 nitrogen and oxygen atoms in total. The highest BCUT2D eigenvalue weighted by Crippen LogP contribution is 2.25. The maximum absolute atomic E-state index is 11.5. The average Bonchev–Trinajstić information content (AvgIpc) is 2.93. The van der Waals surface area contributed by atoms with Crippen LogP contribution in [-0.4, -0.2) is 36.4 Å². The van der Waals surface area contributed by atoms with Gasteiger partial charge in [-0.1, -0.05) is 0 Å². The van der Waals surface area contributed by atoms with Crippen LogP contribution in [0.15, 0.2) is 24.5 Å². The van der Waals surface area contributed by atoms with Crippen molar-refractivity contribution in [3.8, 4) is 5.75 Å². The molecule has 102 valence electrons. The minimum absolute atomic E-state index is 0.182. The summed E-state index contributed by atoms with van der Waals surface area (Å²) in [6.45, 7) is 0. The van der Waals surface area contributed by atoms with Crippen molar-refractivity contribution in [2.75, 3.05) is 18.6 Å². The number of sulfone groups is 1. The summed E-state index contributed by atoms with van der Waals surface area (Å²) >= 11 is 0. The quantitative estimate of drug-likeness (QED) is 0.850. The molecule has 6 heteroatoms. The summed E-state index contributed by atoms with van der Waals surface area (Å²) in [6.07, 6.45) is 5.14. The van der Waals surface area contributed by atoms with Crippen molar-refractivity contribution in [3.63, 3.8) is 0 Å². The van der Waals surface area contributed by atoms with Gasteiger partial charge in [-0.15, -0.1) is 0 Å². The van der Waals surface area contributed by atoms with Gasteiger partial charge in [0.25, 0.3) is 0 Å². The van der Waals surface area contributed by atoms with Crippen LogP contribution in [0.1, 0.15) is 12.2 Å². The lowest BCUT2D eigenvalue weighted by Crippen LogP contribution is -2.09. The third-order valence-corrected chi connectivity index (χ3v) is 5.46. The fraction of sp³-hybridized carbons (Fsp3) is 0.462. The smallest absolute Gasteiger partial charge is 0.150 e. The zero-order valence-electron chi connectivity index (χ0n) is 10.7. The summed E-state index contributed by atoms with van der Waals surface area (Å²) in [5.74, 6) is 2.45. The van der Waals surface area contributed by atoms with E-state index in [9.17, 15) is 8.42 Å². The molecule has 0 saturated carbocycles. The number of ether oxygens (including phenoxy) is 1. The van der Waals surface area contributed by atoms with Gasteiger partial charge < -0.3 is 9.14 Å². The summed E-state index contributed by atoms with van der Waals surface area (Å²) in [7, 11) is -1.20. The van der Waals surface area contributed by atoms with Crippen LogP contribution in [0.5, 0.6) is 5.75 Å². The molecule has 1 aliphatic rings. The average molecular weight is 280 g/mol. The molecule has 0 radical (unpaired) electrons. The second kappa shape index (κ2) is 4.52. The third-order valence-electron chi connectivity index (χ3n) is 3.63. The van der Waals surface area contributed by atoms with E-state index in [-0.39, 0.29) is 11.7 Å². The second-order valence-electron chi connectivity index (χ2n) is 4.98. The predicted molar refractivity (Wildman–Crippen MR) is 72.2 cm³/mol. The van der Waals surface area contributed by atoms with Crippen molar-refractivity contribution in [2.45, 2.75) is 12.8 Å². The number of pyridine rings is 1. The van der Waals surface area contributed by atoms with E-state index < -0.39 is 9.84 Å². The maximum atomic E-state index is 11.5. The molecule has 0 aromatic carbocycles. The van der Waals surface area contributed by atoms with Crippen LogP contribution in [0.25, 0.3) is 5.52 Å². The number of hydrogen-bond donors (Lipinski definition) is 0. The van der Waals surface area contributed by atoms with Crippen molar-refractivity contribution >= 4 is 15.4 Å². The van der Waals surface area contributed by atoms with Gasteiger partial charge in [0, 0.05) is 12.6 Å². The fourth-order valence-electron chi connectivity index (χ4n) is 2.66. The van der Waals surface area contributed by atoms with Gasteiger partial charge in [0.2, 0.25) is 0 Å². The van der Waals surface area contributed by atoms with Crippen LogP contribution in [0, 0.1) is 5.92 Å². The van der Waals surface area contributed by atoms with Crippen LogP contribution >= 0.6 is 0 Å². The molecule has 0 spiro atoms. The lowest BCUT2D eigenvalue weighted by molar-refractivity contribution is 0.417.